The van der Waals surface area contributed by atoms with Gasteiger partial charge in [0.1, 0.15) is 12.2 Å². The summed E-state index contributed by atoms with van der Waals surface area (Å²) in [4.78, 5) is 48.7. The fourth-order valence-electron chi connectivity index (χ4n) is 9.64. The number of piperidine rings is 3. The van der Waals surface area contributed by atoms with E-state index in [2.05, 4.69) is 119 Å². The summed E-state index contributed by atoms with van der Waals surface area (Å²) < 4.78 is 18.9. The van der Waals surface area contributed by atoms with Gasteiger partial charge >= 0.3 is 17.9 Å². The molecule has 4 rings (SSSR count). The van der Waals surface area contributed by atoms with Crippen molar-refractivity contribution in [2.24, 2.45) is 17.8 Å². The monoisotopic (exact) mass is 662 g/mol. The van der Waals surface area contributed by atoms with Crippen LogP contribution in [0.4, 0.5) is 0 Å². The van der Waals surface area contributed by atoms with Crippen molar-refractivity contribution in [2.75, 3.05) is 21.1 Å². The first-order valence-corrected chi connectivity index (χ1v) is 18.0. The van der Waals surface area contributed by atoms with Crippen LogP contribution in [-0.4, -0.2) is 105 Å². The molecule has 0 aromatic rings. The molecule has 0 spiro atoms. The van der Waals surface area contributed by atoms with Gasteiger partial charge in [-0.25, -0.2) is 0 Å². The van der Waals surface area contributed by atoms with Crippen LogP contribution < -0.4 is 0 Å². The summed E-state index contributed by atoms with van der Waals surface area (Å²) in [7, 11) is 6.34. The van der Waals surface area contributed by atoms with E-state index in [4.69, 9.17) is 14.2 Å². The summed E-state index contributed by atoms with van der Waals surface area (Å²) in [6.07, 6.45) is 2.87. The van der Waals surface area contributed by atoms with Crippen molar-refractivity contribution in [1.82, 2.24) is 14.7 Å². The highest BCUT2D eigenvalue weighted by atomic mass is 16.6. The third kappa shape index (κ3) is 7.72. The van der Waals surface area contributed by atoms with Gasteiger partial charge in [-0.05, 0) is 156 Å². The highest BCUT2D eigenvalue weighted by Crippen LogP contribution is 2.44. The van der Waals surface area contributed by atoms with Crippen LogP contribution in [-0.2, 0) is 28.6 Å². The Labute approximate surface area is 285 Å². The van der Waals surface area contributed by atoms with Gasteiger partial charge in [0.2, 0.25) is 0 Å². The molecule has 0 bridgehead atoms. The SMILES string of the molecule is CN1C(C)(C)CC(C(=O)OC2CCC(OC(=O)C3CC(C)(C)N(C)C(C)(C)C3)C2OC(=O)C2CC(C)(C)N(C)C(C)(C)C2)CC1(C)C. The zero-order valence-electron chi connectivity index (χ0n) is 32.4. The molecule has 0 radical (unpaired) electrons. The smallest absolute Gasteiger partial charge is 0.309 e. The molecule has 4 fully saturated rings. The van der Waals surface area contributed by atoms with Crippen molar-refractivity contribution >= 4 is 17.9 Å². The Morgan fingerprint density at radius 3 is 0.872 bits per heavy atom. The fraction of sp³-hybridized carbons (Fsp3) is 0.921. The van der Waals surface area contributed by atoms with Gasteiger partial charge in [-0.1, -0.05) is 0 Å². The molecule has 0 amide bonds. The molecule has 0 aromatic heterocycles. The van der Waals surface area contributed by atoms with Crippen LogP contribution in [0.25, 0.3) is 0 Å². The largest absolute Gasteiger partial charge is 0.458 e. The number of likely N-dealkylation sites (tertiary alicyclic amines) is 3. The molecular weight excluding hydrogens is 594 g/mol. The first-order chi connectivity index (χ1) is 21.2. The molecule has 270 valence electrons. The Hall–Kier alpha value is -1.71. The fourth-order valence-corrected chi connectivity index (χ4v) is 9.64. The summed E-state index contributed by atoms with van der Waals surface area (Å²) in [6, 6.07) is 0. The zero-order valence-corrected chi connectivity index (χ0v) is 32.4. The highest BCUT2D eigenvalue weighted by molar-refractivity contribution is 5.75. The molecule has 3 aliphatic heterocycles. The third-order valence-corrected chi connectivity index (χ3v) is 13.2. The Balaban J connectivity index is 1.55. The maximum absolute atomic E-state index is 14.0. The lowest BCUT2D eigenvalue weighted by Crippen LogP contribution is -2.60. The van der Waals surface area contributed by atoms with E-state index >= 15 is 0 Å². The maximum Gasteiger partial charge on any atom is 0.309 e. The topological polar surface area (TPSA) is 88.6 Å². The normalized spacial score (nSPS) is 32.9. The molecule has 0 aromatic carbocycles. The van der Waals surface area contributed by atoms with Gasteiger partial charge in [0.05, 0.1) is 17.8 Å². The van der Waals surface area contributed by atoms with E-state index in [-0.39, 0.29) is 68.9 Å². The lowest BCUT2D eigenvalue weighted by atomic mass is 9.74. The van der Waals surface area contributed by atoms with Crippen LogP contribution in [0.2, 0.25) is 0 Å². The summed E-state index contributed by atoms with van der Waals surface area (Å²) >= 11 is 0. The number of esters is 3. The quantitative estimate of drug-likeness (QED) is 0.244. The summed E-state index contributed by atoms with van der Waals surface area (Å²) in [5.74, 6) is -1.65. The number of hydrogen-bond acceptors (Lipinski definition) is 9. The minimum atomic E-state index is -0.833. The average Bonchev–Trinajstić information content (AvgIpc) is 3.27. The van der Waals surface area contributed by atoms with Gasteiger partial charge in [-0.15, -0.1) is 0 Å². The minimum absolute atomic E-state index is 0.172. The predicted octanol–water partition coefficient (Wildman–Crippen LogP) is 6.21. The van der Waals surface area contributed by atoms with Gasteiger partial charge in [-0.2, -0.15) is 0 Å². The molecule has 2 unspecified atom stereocenters. The van der Waals surface area contributed by atoms with Crippen LogP contribution in [0.3, 0.4) is 0 Å². The predicted molar refractivity (Wildman–Crippen MR) is 185 cm³/mol. The van der Waals surface area contributed by atoms with Crippen molar-refractivity contribution in [3.05, 3.63) is 0 Å². The van der Waals surface area contributed by atoms with Crippen molar-refractivity contribution < 1.29 is 28.6 Å². The number of hydrogen-bond donors (Lipinski definition) is 0. The summed E-state index contributed by atoms with van der Waals surface area (Å²) in [5.41, 5.74) is -1.08. The number of ether oxygens (including phenoxy) is 3. The lowest BCUT2D eigenvalue weighted by Gasteiger charge is -2.53. The van der Waals surface area contributed by atoms with E-state index in [1.165, 1.54) is 0 Å². The molecule has 3 saturated heterocycles. The number of carbonyl (C=O) groups excluding carboxylic acids is 3. The second-order valence-corrected chi connectivity index (χ2v) is 19.3. The van der Waals surface area contributed by atoms with Crippen LogP contribution in [0.1, 0.15) is 134 Å². The van der Waals surface area contributed by atoms with Crippen LogP contribution in [0.5, 0.6) is 0 Å². The van der Waals surface area contributed by atoms with Gasteiger partial charge in [0, 0.05) is 33.2 Å². The highest BCUT2D eigenvalue weighted by Gasteiger charge is 2.52. The molecular formula is C38H67N3O6. The van der Waals surface area contributed by atoms with Crippen molar-refractivity contribution in [2.45, 2.75) is 186 Å². The minimum Gasteiger partial charge on any atom is -0.458 e. The zero-order chi connectivity index (χ0) is 35.7. The van der Waals surface area contributed by atoms with Crippen molar-refractivity contribution in [1.29, 1.82) is 0 Å². The van der Waals surface area contributed by atoms with Crippen molar-refractivity contribution in [3.63, 3.8) is 0 Å². The Morgan fingerprint density at radius 2 is 0.638 bits per heavy atom. The van der Waals surface area contributed by atoms with Crippen LogP contribution in [0.15, 0.2) is 0 Å². The van der Waals surface area contributed by atoms with Gasteiger partial charge in [0.25, 0.3) is 0 Å². The van der Waals surface area contributed by atoms with E-state index in [1.54, 1.807) is 0 Å². The molecule has 3 heterocycles. The number of rotatable bonds is 6. The molecule has 1 aliphatic carbocycles. The number of nitrogens with zero attached hydrogens (tertiary/aromatic N) is 3. The number of carbonyl (C=O) groups is 3. The first-order valence-electron chi connectivity index (χ1n) is 18.0. The second-order valence-electron chi connectivity index (χ2n) is 19.3. The molecule has 2 atom stereocenters. The second kappa shape index (κ2) is 12.6. The van der Waals surface area contributed by atoms with Crippen LogP contribution in [0, 0.1) is 17.8 Å². The van der Waals surface area contributed by atoms with Crippen molar-refractivity contribution in [3.8, 4) is 0 Å². The van der Waals surface area contributed by atoms with E-state index in [0.717, 1.165) is 0 Å². The first kappa shape index (κ1) is 38.1. The van der Waals surface area contributed by atoms with Gasteiger partial charge < -0.3 is 14.2 Å². The molecule has 47 heavy (non-hydrogen) atoms. The Kier molecular flexibility index (Phi) is 10.2. The molecule has 4 aliphatic rings. The van der Waals surface area contributed by atoms with E-state index in [9.17, 15) is 14.4 Å². The van der Waals surface area contributed by atoms with Crippen LogP contribution >= 0.6 is 0 Å². The molecule has 0 N–H and O–H groups in total. The van der Waals surface area contributed by atoms with E-state index in [0.29, 0.717) is 51.4 Å². The van der Waals surface area contributed by atoms with E-state index in [1.807, 2.05) is 0 Å². The summed E-state index contributed by atoms with van der Waals surface area (Å²) in [5, 5.41) is 0. The summed E-state index contributed by atoms with van der Waals surface area (Å²) in [6.45, 7) is 26.0. The Morgan fingerprint density at radius 1 is 0.426 bits per heavy atom. The Bertz CT molecular complexity index is 1090. The molecule has 1 saturated carbocycles. The van der Waals surface area contributed by atoms with Gasteiger partial charge in [-0.3, -0.25) is 29.1 Å². The van der Waals surface area contributed by atoms with Gasteiger partial charge in [0.15, 0.2) is 6.10 Å². The van der Waals surface area contributed by atoms with E-state index < -0.39 is 18.3 Å². The lowest BCUT2D eigenvalue weighted by molar-refractivity contribution is -0.189. The molecule has 9 heteroatoms. The maximum atomic E-state index is 14.0. The average molecular weight is 662 g/mol. The molecule has 9 nitrogen and oxygen atoms in total. The third-order valence-electron chi connectivity index (χ3n) is 13.2. The standard InChI is InChI=1S/C38H67N3O6/c1-33(2)18-24(19-34(3,4)39(33)13)30(42)45-27-16-17-28(46-31(43)25-20-35(5,6)40(14)36(7,8)21-25)29(27)47-32(44)26-22-37(9,10)41(15)38(11,12)23-26/h24-29H,16-23H2,1-15H3.